The van der Waals surface area contributed by atoms with Gasteiger partial charge in [0.05, 0.1) is 13.7 Å². The number of nitrogens with zero attached hydrogens (tertiary/aromatic N) is 1. The van der Waals surface area contributed by atoms with Crippen molar-refractivity contribution in [3.8, 4) is 11.5 Å². The highest BCUT2D eigenvalue weighted by Gasteiger charge is 2.02. The summed E-state index contributed by atoms with van der Waals surface area (Å²) in [6.07, 6.45) is 0.897. The number of methoxy groups -OCH3 is 1. The molecule has 0 atom stereocenters. The molecule has 0 amide bonds. The molecule has 134 valence electrons. The molecule has 0 unspecified atom stereocenters. The van der Waals surface area contributed by atoms with Crippen LogP contribution in [0.25, 0.3) is 0 Å². The number of hydrogen-bond donors (Lipinski definition) is 2. The molecule has 5 nitrogen and oxygen atoms in total. The molecule has 0 aromatic heterocycles. The standard InChI is InChI=1S/C20H27N3O2/c1-16-10-11-17(14-19(16)24-3)15-23-20(21-2)22-12-7-13-25-18-8-5-4-6-9-18/h4-6,8-11,14H,7,12-13,15H2,1-3H3,(H2,21,22,23). The van der Waals surface area contributed by atoms with Gasteiger partial charge in [0.15, 0.2) is 5.96 Å². The summed E-state index contributed by atoms with van der Waals surface area (Å²) in [5.74, 6) is 2.58. The predicted octanol–water partition coefficient (Wildman–Crippen LogP) is 3.14. The first kappa shape index (κ1) is 18.6. The van der Waals surface area contributed by atoms with Crippen molar-refractivity contribution in [2.75, 3.05) is 27.3 Å². The monoisotopic (exact) mass is 341 g/mol. The van der Waals surface area contributed by atoms with E-state index in [2.05, 4.69) is 27.8 Å². The molecule has 25 heavy (non-hydrogen) atoms. The molecular formula is C20H27N3O2. The van der Waals surface area contributed by atoms with Crippen LogP contribution in [0.4, 0.5) is 0 Å². The maximum Gasteiger partial charge on any atom is 0.191 e. The fourth-order valence-corrected chi connectivity index (χ4v) is 2.37. The SMILES string of the molecule is CN=C(NCCCOc1ccccc1)NCc1ccc(C)c(OC)c1. The number of nitrogens with one attached hydrogen (secondary N) is 2. The van der Waals surface area contributed by atoms with Crippen LogP contribution in [0.15, 0.2) is 53.5 Å². The van der Waals surface area contributed by atoms with Gasteiger partial charge in [0.25, 0.3) is 0 Å². The average molecular weight is 341 g/mol. The molecule has 0 bridgehead atoms. The van der Waals surface area contributed by atoms with E-state index in [0.717, 1.165) is 41.6 Å². The molecule has 5 heteroatoms. The third kappa shape index (κ3) is 6.37. The van der Waals surface area contributed by atoms with E-state index >= 15 is 0 Å². The lowest BCUT2D eigenvalue weighted by Crippen LogP contribution is -2.37. The average Bonchev–Trinajstić information content (AvgIpc) is 2.66. The van der Waals surface area contributed by atoms with Gasteiger partial charge in [0, 0.05) is 20.1 Å². The Labute approximate surface area is 150 Å². The molecule has 0 radical (unpaired) electrons. The number of rotatable bonds is 8. The molecule has 0 saturated heterocycles. The van der Waals surface area contributed by atoms with Crippen molar-refractivity contribution in [1.29, 1.82) is 0 Å². The Morgan fingerprint density at radius 1 is 1.08 bits per heavy atom. The first-order chi connectivity index (χ1) is 12.2. The summed E-state index contributed by atoms with van der Waals surface area (Å²) >= 11 is 0. The molecule has 0 aliphatic carbocycles. The molecular weight excluding hydrogens is 314 g/mol. The molecule has 0 saturated carbocycles. The van der Waals surface area contributed by atoms with E-state index in [-0.39, 0.29) is 0 Å². The topological polar surface area (TPSA) is 54.9 Å². The lowest BCUT2D eigenvalue weighted by molar-refractivity contribution is 0.311. The number of ether oxygens (including phenoxy) is 2. The minimum absolute atomic E-state index is 0.670. The smallest absolute Gasteiger partial charge is 0.191 e. The van der Waals surface area contributed by atoms with E-state index in [0.29, 0.717) is 13.2 Å². The van der Waals surface area contributed by atoms with Crippen LogP contribution in [0.2, 0.25) is 0 Å². The zero-order chi connectivity index (χ0) is 17.9. The van der Waals surface area contributed by atoms with Crippen molar-refractivity contribution >= 4 is 5.96 Å². The molecule has 0 spiro atoms. The summed E-state index contributed by atoms with van der Waals surface area (Å²) in [6, 6.07) is 16.0. The summed E-state index contributed by atoms with van der Waals surface area (Å²) < 4.78 is 11.0. The van der Waals surface area contributed by atoms with Crippen LogP contribution in [0.5, 0.6) is 11.5 Å². The molecule has 0 heterocycles. The maximum absolute atomic E-state index is 5.67. The normalized spacial score (nSPS) is 11.1. The lowest BCUT2D eigenvalue weighted by Gasteiger charge is -2.13. The van der Waals surface area contributed by atoms with Gasteiger partial charge in [0.1, 0.15) is 11.5 Å². The predicted molar refractivity (Wildman–Crippen MR) is 102 cm³/mol. The van der Waals surface area contributed by atoms with Crippen molar-refractivity contribution in [2.45, 2.75) is 19.9 Å². The van der Waals surface area contributed by atoms with Crippen molar-refractivity contribution in [3.05, 3.63) is 59.7 Å². The fourth-order valence-electron chi connectivity index (χ4n) is 2.37. The largest absolute Gasteiger partial charge is 0.496 e. The minimum Gasteiger partial charge on any atom is -0.496 e. The highest BCUT2D eigenvalue weighted by atomic mass is 16.5. The van der Waals surface area contributed by atoms with E-state index in [1.807, 2.05) is 43.3 Å². The van der Waals surface area contributed by atoms with Crippen molar-refractivity contribution in [3.63, 3.8) is 0 Å². The first-order valence-corrected chi connectivity index (χ1v) is 8.49. The molecule has 0 fully saturated rings. The van der Waals surface area contributed by atoms with Crippen LogP contribution in [0.3, 0.4) is 0 Å². The number of guanidine groups is 1. The van der Waals surface area contributed by atoms with Gasteiger partial charge in [-0.15, -0.1) is 0 Å². The summed E-state index contributed by atoms with van der Waals surface area (Å²) in [5, 5.41) is 6.60. The highest BCUT2D eigenvalue weighted by Crippen LogP contribution is 2.18. The third-order valence-corrected chi connectivity index (χ3v) is 3.78. The van der Waals surface area contributed by atoms with Gasteiger partial charge in [-0.05, 0) is 42.7 Å². The Morgan fingerprint density at radius 2 is 1.88 bits per heavy atom. The van der Waals surface area contributed by atoms with Gasteiger partial charge in [-0.3, -0.25) is 4.99 Å². The maximum atomic E-state index is 5.67. The van der Waals surface area contributed by atoms with Crippen LogP contribution < -0.4 is 20.1 Å². The minimum atomic E-state index is 0.670. The quantitative estimate of drug-likeness (QED) is 0.440. The fraction of sp³-hybridized carbons (Fsp3) is 0.350. The van der Waals surface area contributed by atoms with E-state index in [1.54, 1.807) is 14.2 Å². The number of benzene rings is 2. The van der Waals surface area contributed by atoms with Crippen molar-refractivity contribution in [1.82, 2.24) is 10.6 Å². The van der Waals surface area contributed by atoms with Crippen LogP contribution in [-0.4, -0.2) is 33.3 Å². The second kappa shape index (κ2) is 10.2. The van der Waals surface area contributed by atoms with Gasteiger partial charge in [0.2, 0.25) is 0 Å². The van der Waals surface area contributed by atoms with Gasteiger partial charge in [-0.2, -0.15) is 0 Å². The third-order valence-electron chi connectivity index (χ3n) is 3.78. The van der Waals surface area contributed by atoms with Crippen LogP contribution in [0, 0.1) is 6.92 Å². The summed E-state index contributed by atoms with van der Waals surface area (Å²) in [5.41, 5.74) is 2.28. The van der Waals surface area contributed by atoms with Crippen molar-refractivity contribution < 1.29 is 9.47 Å². The second-order valence-electron chi connectivity index (χ2n) is 5.67. The first-order valence-electron chi connectivity index (χ1n) is 8.49. The second-order valence-corrected chi connectivity index (χ2v) is 5.67. The Bertz CT molecular complexity index is 672. The number of para-hydroxylation sites is 1. The van der Waals surface area contributed by atoms with Gasteiger partial charge in [-0.25, -0.2) is 0 Å². The van der Waals surface area contributed by atoms with Crippen LogP contribution in [-0.2, 0) is 6.54 Å². The molecule has 2 N–H and O–H groups in total. The lowest BCUT2D eigenvalue weighted by atomic mass is 10.1. The Hall–Kier alpha value is -2.69. The van der Waals surface area contributed by atoms with Crippen LogP contribution >= 0.6 is 0 Å². The Morgan fingerprint density at radius 3 is 2.60 bits per heavy atom. The van der Waals surface area contributed by atoms with E-state index in [4.69, 9.17) is 9.47 Å². The molecule has 2 aromatic carbocycles. The highest BCUT2D eigenvalue weighted by molar-refractivity contribution is 5.79. The molecule has 0 aliphatic rings. The van der Waals surface area contributed by atoms with E-state index in [9.17, 15) is 0 Å². The molecule has 0 aliphatic heterocycles. The van der Waals surface area contributed by atoms with E-state index in [1.165, 1.54) is 0 Å². The van der Waals surface area contributed by atoms with Gasteiger partial charge >= 0.3 is 0 Å². The Balaban J connectivity index is 1.68. The number of aliphatic imine (C=N–C) groups is 1. The summed E-state index contributed by atoms with van der Waals surface area (Å²) in [4.78, 5) is 4.24. The molecule has 2 aromatic rings. The van der Waals surface area contributed by atoms with Crippen LogP contribution in [0.1, 0.15) is 17.5 Å². The number of aryl methyl sites for hydroxylation is 1. The summed E-state index contributed by atoms with van der Waals surface area (Å²) in [7, 11) is 3.46. The van der Waals surface area contributed by atoms with Gasteiger partial charge in [-0.1, -0.05) is 30.3 Å². The Kier molecular flexibility index (Phi) is 7.63. The number of hydrogen-bond acceptors (Lipinski definition) is 3. The van der Waals surface area contributed by atoms with E-state index < -0.39 is 0 Å². The van der Waals surface area contributed by atoms with Crippen molar-refractivity contribution in [2.24, 2.45) is 4.99 Å². The summed E-state index contributed by atoms with van der Waals surface area (Å²) in [6.45, 7) is 4.19. The van der Waals surface area contributed by atoms with Gasteiger partial charge < -0.3 is 20.1 Å². The zero-order valence-corrected chi connectivity index (χ0v) is 15.2. The molecule has 2 rings (SSSR count). The zero-order valence-electron chi connectivity index (χ0n) is 15.2.